The number of carbonyl (C=O) groups is 9. The van der Waals surface area contributed by atoms with Crippen molar-refractivity contribution in [2.75, 3.05) is 6.61 Å². The van der Waals surface area contributed by atoms with Crippen LogP contribution in [0.25, 0.3) is 0 Å². The highest BCUT2D eigenvalue weighted by molar-refractivity contribution is 6.29. The van der Waals surface area contributed by atoms with Gasteiger partial charge in [0.05, 0.1) is 19.4 Å². The van der Waals surface area contributed by atoms with Crippen LogP contribution in [0.5, 0.6) is 5.75 Å². The average Bonchev–Trinajstić information content (AvgIpc) is 1.76. The molecular weight excluding hydrogens is 1300 g/mol. The molecular formula is C71H109Cl2N3O21. The molecule has 0 fully saturated rings. The number of alkyl carbamates (subject to hydrolysis) is 3. The molecule has 3 heterocycles. The lowest BCUT2D eigenvalue weighted by Gasteiger charge is -2.21. The zero-order valence-electron chi connectivity index (χ0n) is 57.1. The topological polar surface area (TPSA) is 374 Å². The van der Waals surface area contributed by atoms with Gasteiger partial charge in [0, 0.05) is 12.8 Å². The summed E-state index contributed by atoms with van der Waals surface area (Å²) in [5.41, 5.74) is 1.89. The van der Waals surface area contributed by atoms with Gasteiger partial charge in [0.2, 0.25) is 0 Å². The van der Waals surface area contributed by atoms with E-state index in [0.717, 1.165) is 81.1 Å². The van der Waals surface area contributed by atoms with Gasteiger partial charge in [0.15, 0.2) is 22.6 Å². The van der Waals surface area contributed by atoms with Gasteiger partial charge in [-0.05, 0) is 116 Å². The zero-order valence-corrected chi connectivity index (χ0v) is 58.7. The molecule has 97 heavy (non-hydrogen) atoms. The lowest BCUT2D eigenvalue weighted by Crippen LogP contribution is -2.42. The first-order valence-electron chi connectivity index (χ1n) is 35.1. The van der Waals surface area contributed by atoms with Crippen molar-refractivity contribution in [1.29, 1.82) is 0 Å². The van der Waals surface area contributed by atoms with Crippen LogP contribution in [0.3, 0.4) is 0 Å². The third kappa shape index (κ3) is 41.6. The van der Waals surface area contributed by atoms with Gasteiger partial charge in [-0.15, -0.1) is 0 Å². The Morgan fingerprint density at radius 2 is 0.742 bits per heavy atom. The van der Waals surface area contributed by atoms with Crippen molar-refractivity contribution in [2.45, 2.75) is 301 Å². The lowest BCUT2D eigenvalue weighted by atomic mass is 9.99. The second kappa shape index (κ2) is 52.9. The van der Waals surface area contributed by atoms with Crippen molar-refractivity contribution in [2.24, 2.45) is 0 Å². The van der Waals surface area contributed by atoms with Crippen molar-refractivity contribution >= 4 is 77.3 Å². The van der Waals surface area contributed by atoms with E-state index in [9.17, 15) is 53.4 Å². The van der Waals surface area contributed by atoms with E-state index < -0.39 is 103 Å². The van der Waals surface area contributed by atoms with Crippen molar-refractivity contribution in [3.63, 3.8) is 0 Å². The van der Waals surface area contributed by atoms with Gasteiger partial charge >= 0.3 is 54.1 Å². The molecule has 6 unspecified atom stereocenters. The number of benzene rings is 1. The Morgan fingerprint density at radius 3 is 1.06 bits per heavy atom. The highest BCUT2D eigenvalue weighted by atomic mass is 35.5. The number of hydrogen-bond donors (Lipinski definition) is 9. The molecule has 24 nitrogen and oxygen atoms in total. The standard InChI is InChI=1S/C26H39NO7.C23H36ClNO7.C22H34ClNO7/c1-2-3-4-5-6-7-8-9-10-11-12-23(19-13-14-22-20(17-19)15-16-33-22)34-26(32)27-21(25(30)31)18-24(28)29;1-2-3-4-5-6-7-8-9-10-11-12-18(19-14-15-20(24)31-19)32-23(30)25-17(22(28)29)13-16-21(26)27;1-2-3-4-5-6-7-8-9-10-11-12-17(18-13-14-19(23)30-18)31-22(29)24-16(21(27)28)15-20(25)26/h13-14,17,21,23H,2-12,15-16,18H2,1H3,(H,27,32)(H,28,29)(H,30,31);14-15,17-18H,2-13,16H2,1H3,(H,25,30)(H,26,27)(H,28,29);13-14,16-17H,2-12,15H2,1H3,(H,24,29)(H,25,26)(H,27,28). The number of furan rings is 2. The molecule has 0 radical (unpaired) electrons. The number of unbranched alkanes of at least 4 members (excludes halogenated alkanes) is 27. The summed E-state index contributed by atoms with van der Waals surface area (Å²) in [6.07, 6.45) is 30.8. The Hall–Kier alpha value is -7.21. The summed E-state index contributed by atoms with van der Waals surface area (Å²) in [6.45, 7) is 7.26. The Kier molecular flexibility index (Phi) is 46.8. The minimum absolute atomic E-state index is 0.154. The van der Waals surface area contributed by atoms with Crippen molar-refractivity contribution in [3.05, 3.63) is 75.6 Å². The number of rotatable bonds is 52. The molecule has 1 aromatic carbocycles. The van der Waals surface area contributed by atoms with E-state index in [1.54, 1.807) is 18.2 Å². The van der Waals surface area contributed by atoms with E-state index in [0.29, 0.717) is 37.4 Å². The van der Waals surface area contributed by atoms with Gasteiger partial charge in [-0.3, -0.25) is 14.4 Å². The van der Waals surface area contributed by atoms with E-state index in [2.05, 4.69) is 36.7 Å². The molecule has 0 spiro atoms. The van der Waals surface area contributed by atoms with Crippen LogP contribution in [0.15, 0.2) is 51.3 Å². The first-order valence-corrected chi connectivity index (χ1v) is 35.8. The van der Waals surface area contributed by atoms with E-state index in [4.69, 9.17) is 71.4 Å². The molecule has 3 amide bonds. The minimum Gasteiger partial charge on any atom is -0.493 e. The molecule has 9 N–H and O–H groups in total. The molecule has 4 rings (SSSR count). The number of hydrogen-bond acceptors (Lipinski definition) is 15. The van der Waals surface area contributed by atoms with Crippen LogP contribution >= 0.6 is 23.2 Å². The van der Waals surface area contributed by atoms with E-state index >= 15 is 0 Å². The lowest BCUT2D eigenvalue weighted by molar-refractivity contribution is -0.145. The second-order valence-electron chi connectivity index (χ2n) is 24.6. The smallest absolute Gasteiger partial charge is 0.408 e. The second-order valence-corrected chi connectivity index (χ2v) is 25.3. The molecule has 2 aromatic heterocycles. The van der Waals surface area contributed by atoms with Crippen molar-refractivity contribution in [3.8, 4) is 5.75 Å². The van der Waals surface area contributed by atoms with Crippen LogP contribution < -0.4 is 20.7 Å². The summed E-state index contributed by atoms with van der Waals surface area (Å²) < 4.78 is 32.6. The molecule has 0 saturated heterocycles. The summed E-state index contributed by atoms with van der Waals surface area (Å²) in [7, 11) is 0. The van der Waals surface area contributed by atoms with Crippen LogP contribution in [0.4, 0.5) is 14.4 Å². The van der Waals surface area contributed by atoms with Gasteiger partial charge < -0.3 is 74.4 Å². The number of nitrogens with one attached hydrogen (secondary N) is 3. The number of carbonyl (C=O) groups excluding carboxylic acids is 3. The first-order chi connectivity index (χ1) is 46.6. The first kappa shape index (κ1) is 85.9. The van der Waals surface area contributed by atoms with Crippen molar-refractivity contribution < 1.29 is 102 Å². The predicted octanol–water partition coefficient (Wildman–Crippen LogP) is 17.9. The van der Waals surface area contributed by atoms with E-state index in [1.807, 2.05) is 18.2 Å². The van der Waals surface area contributed by atoms with Gasteiger partial charge in [0.25, 0.3) is 0 Å². The number of amides is 3. The molecule has 0 bridgehead atoms. The van der Waals surface area contributed by atoms with Crippen LogP contribution in [0.1, 0.15) is 299 Å². The molecule has 548 valence electrons. The fourth-order valence-electron chi connectivity index (χ4n) is 10.9. The Balaban J connectivity index is 0.000000496. The highest BCUT2D eigenvalue weighted by Crippen LogP contribution is 2.33. The van der Waals surface area contributed by atoms with Gasteiger partial charge in [-0.1, -0.05) is 200 Å². The molecule has 6 atom stereocenters. The number of carboxylic acid groups (broad SMARTS) is 6. The minimum atomic E-state index is -1.58. The summed E-state index contributed by atoms with van der Waals surface area (Å²) >= 11 is 11.7. The number of halogens is 2. The maximum Gasteiger partial charge on any atom is 0.408 e. The van der Waals surface area contributed by atoms with Crippen molar-refractivity contribution in [1.82, 2.24) is 16.0 Å². The van der Waals surface area contributed by atoms with Gasteiger partial charge in [0.1, 0.15) is 41.5 Å². The number of ether oxygens (including phenoxy) is 4. The average molecular weight is 1410 g/mol. The summed E-state index contributed by atoms with van der Waals surface area (Å²) in [4.78, 5) is 103. The Labute approximate surface area is 581 Å². The normalized spacial score (nSPS) is 13.2. The number of fused-ring (bicyclic) bond motifs is 1. The van der Waals surface area contributed by atoms with Crippen LogP contribution in [0, 0.1) is 0 Å². The van der Waals surface area contributed by atoms with E-state index in [-0.39, 0.29) is 23.3 Å². The third-order valence-corrected chi connectivity index (χ3v) is 16.7. The summed E-state index contributed by atoms with van der Waals surface area (Å²) in [6, 6.07) is 7.54. The highest BCUT2D eigenvalue weighted by Gasteiger charge is 2.30. The molecule has 3 aromatic rings. The van der Waals surface area contributed by atoms with Gasteiger partial charge in [-0.2, -0.15) is 0 Å². The SMILES string of the molecule is CCCCCCCCCCCCC(OC(=O)NC(CC(=O)O)C(=O)O)c1ccc(Cl)o1.CCCCCCCCCCCCC(OC(=O)NC(CC(=O)O)C(=O)O)c1ccc2c(c1)CCO2.CCCCCCCCCCCCC(OC(=O)NC(CCC(=O)O)C(=O)O)c1ccc(Cl)o1. The molecule has 1 aliphatic heterocycles. The summed E-state index contributed by atoms with van der Waals surface area (Å²) in [5, 5.41) is 60.6. The zero-order chi connectivity index (χ0) is 71.6. The summed E-state index contributed by atoms with van der Waals surface area (Å²) in [5.74, 6) is -6.41. The molecule has 0 aliphatic carbocycles. The largest absolute Gasteiger partial charge is 0.493 e. The monoisotopic (exact) mass is 1410 g/mol. The maximum absolute atomic E-state index is 12.4. The molecule has 1 aliphatic rings. The quantitative estimate of drug-likeness (QED) is 0.0187. The van der Waals surface area contributed by atoms with Gasteiger partial charge in [-0.25, -0.2) is 28.8 Å². The van der Waals surface area contributed by atoms with Crippen LogP contribution in [-0.2, 0) is 49.4 Å². The Bertz CT molecular complexity index is 2740. The van der Waals surface area contributed by atoms with E-state index in [1.165, 1.54) is 141 Å². The maximum atomic E-state index is 12.4. The molecule has 26 heteroatoms. The third-order valence-electron chi connectivity index (χ3n) is 16.3. The number of carboxylic acids is 6. The fourth-order valence-corrected chi connectivity index (χ4v) is 11.2. The molecule has 0 saturated carbocycles. The predicted molar refractivity (Wildman–Crippen MR) is 365 cm³/mol. The van der Waals surface area contributed by atoms with Crippen LogP contribution in [-0.4, -0.2) is 109 Å². The Morgan fingerprint density at radius 1 is 0.412 bits per heavy atom. The number of aliphatic carboxylic acids is 6. The van der Waals surface area contributed by atoms with Crippen LogP contribution in [0.2, 0.25) is 10.4 Å². The fraction of sp³-hybridized carbons (Fsp3) is 0.676.